The smallest absolute Gasteiger partial charge is 0.321 e. The molecule has 0 spiro atoms. The van der Waals surface area contributed by atoms with Crippen molar-refractivity contribution in [3.05, 3.63) is 29.8 Å². The number of nitrogens with one attached hydrogen (secondary N) is 1. The second-order valence-corrected chi connectivity index (χ2v) is 6.22. The third kappa shape index (κ3) is 3.99. The molecule has 1 N–H and O–H groups in total. The predicted molar refractivity (Wildman–Crippen MR) is 87.2 cm³/mol. The highest BCUT2D eigenvalue weighted by Crippen LogP contribution is 2.15. The molecule has 3 rings (SSSR count). The van der Waals surface area contributed by atoms with Gasteiger partial charge in [0.2, 0.25) is 0 Å². The summed E-state index contributed by atoms with van der Waals surface area (Å²) in [5, 5.41) is 2.97. The number of amides is 2. The Kier molecular flexibility index (Phi) is 4.95. The van der Waals surface area contributed by atoms with Gasteiger partial charge in [0, 0.05) is 45.0 Å². The highest BCUT2D eigenvalue weighted by Gasteiger charge is 2.24. The van der Waals surface area contributed by atoms with Crippen molar-refractivity contribution in [1.82, 2.24) is 9.80 Å². The lowest BCUT2D eigenvalue weighted by Crippen LogP contribution is -2.51. The average molecular weight is 303 g/mol. The number of anilines is 1. The normalized spacial score (nSPS) is 22.8. The Morgan fingerprint density at radius 2 is 1.95 bits per heavy atom. The monoisotopic (exact) mass is 303 g/mol. The number of urea groups is 1. The van der Waals surface area contributed by atoms with Crippen molar-refractivity contribution in [1.29, 1.82) is 0 Å². The highest BCUT2D eigenvalue weighted by molar-refractivity contribution is 5.89. The van der Waals surface area contributed by atoms with Gasteiger partial charge in [-0.15, -0.1) is 0 Å². The highest BCUT2D eigenvalue weighted by atomic mass is 16.5. The van der Waals surface area contributed by atoms with Crippen LogP contribution >= 0.6 is 0 Å². The average Bonchev–Trinajstić information content (AvgIpc) is 3.03. The molecule has 0 aliphatic carbocycles. The minimum Gasteiger partial charge on any atom is -0.377 e. The van der Waals surface area contributed by atoms with Crippen LogP contribution in [0.4, 0.5) is 10.5 Å². The number of piperazine rings is 1. The minimum atomic E-state index is 0.000574. The van der Waals surface area contributed by atoms with E-state index in [2.05, 4.69) is 10.2 Å². The summed E-state index contributed by atoms with van der Waals surface area (Å²) in [6.07, 6.45) is 2.76. The number of hydrogen-bond donors (Lipinski definition) is 1. The van der Waals surface area contributed by atoms with Crippen LogP contribution in [0.1, 0.15) is 18.4 Å². The van der Waals surface area contributed by atoms with Gasteiger partial charge in [0.05, 0.1) is 6.10 Å². The van der Waals surface area contributed by atoms with Crippen LogP contribution < -0.4 is 5.32 Å². The molecule has 2 aliphatic rings. The molecule has 22 heavy (non-hydrogen) atoms. The van der Waals surface area contributed by atoms with E-state index in [1.165, 1.54) is 18.4 Å². The SMILES string of the molecule is Cc1ccc(NC(=O)N2CCN(C[C@H]3CCCO3)CC2)cc1. The van der Waals surface area contributed by atoms with Crippen LogP contribution in [0.3, 0.4) is 0 Å². The quantitative estimate of drug-likeness (QED) is 0.932. The van der Waals surface area contributed by atoms with E-state index in [0.29, 0.717) is 6.10 Å². The summed E-state index contributed by atoms with van der Waals surface area (Å²) in [5.74, 6) is 0. The van der Waals surface area contributed by atoms with Crippen LogP contribution in [0.25, 0.3) is 0 Å². The van der Waals surface area contributed by atoms with Gasteiger partial charge < -0.3 is 15.0 Å². The van der Waals surface area contributed by atoms with Crippen molar-refractivity contribution in [2.24, 2.45) is 0 Å². The molecule has 120 valence electrons. The Labute approximate surface area is 132 Å². The minimum absolute atomic E-state index is 0.000574. The Morgan fingerprint density at radius 3 is 2.59 bits per heavy atom. The Morgan fingerprint density at radius 1 is 1.23 bits per heavy atom. The van der Waals surface area contributed by atoms with Gasteiger partial charge in [-0.05, 0) is 31.9 Å². The zero-order valence-electron chi connectivity index (χ0n) is 13.3. The summed E-state index contributed by atoms with van der Waals surface area (Å²) in [6, 6.07) is 7.91. The fourth-order valence-electron chi connectivity index (χ4n) is 3.05. The molecular formula is C17H25N3O2. The molecule has 1 aromatic rings. The van der Waals surface area contributed by atoms with Crippen molar-refractivity contribution in [3.8, 4) is 0 Å². The maximum absolute atomic E-state index is 12.3. The van der Waals surface area contributed by atoms with Gasteiger partial charge in [-0.3, -0.25) is 4.90 Å². The summed E-state index contributed by atoms with van der Waals surface area (Å²) in [6.45, 7) is 7.38. The first-order valence-electron chi connectivity index (χ1n) is 8.17. The van der Waals surface area contributed by atoms with E-state index in [0.717, 1.165) is 45.0 Å². The van der Waals surface area contributed by atoms with Crippen molar-refractivity contribution in [2.75, 3.05) is 44.6 Å². The molecule has 2 aliphatic heterocycles. The number of ether oxygens (including phenoxy) is 1. The van der Waals surface area contributed by atoms with Crippen LogP contribution in [0.2, 0.25) is 0 Å². The zero-order chi connectivity index (χ0) is 15.4. The maximum Gasteiger partial charge on any atom is 0.321 e. The van der Waals surface area contributed by atoms with E-state index < -0.39 is 0 Å². The standard InChI is InChI=1S/C17H25N3O2/c1-14-4-6-15(7-5-14)18-17(21)20-10-8-19(9-11-20)13-16-3-2-12-22-16/h4-7,16H,2-3,8-13H2,1H3,(H,18,21)/t16-/m1/s1. The maximum atomic E-state index is 12.3. The van der Waals surface area contributed by atoms with E-state index in [9.17, 15) is 4.79 Å². The molecule has 2 heterocycles. The first-order chi connectivity index (χ1) is 10.7. The largest absolute Gasteiger partial charge is 0.377 e. The number of benzene rings is 1. The molecule has 0 saturated carbocycles. The van der Waals surface area contributed by atoms with E-state index >= 15 is 0 Å². The number of carbonyl (C=O) groups excluding carboxylic acids is 1. The number of nitrogens with zero attached hydrogens (tertiary/aromatic N) is 2. The fourth-order valence-corrected chi connectivity index (χ4v) is 3.05. The second kappa shape index (κ2) is 7.11. The number of rotatable bonds is 3. The summed E-state index contributed by atoms with van der Waals surface area (Å²) < 4.78 is 5.68. The van der Waals surface area contributed by atoms with Crippen molar-refractivity contribution in [2.45, 2.75) is 25.9 Å². The Balaban J connectivity index is 1.44. The third-order valence-electron chi connectivity index (χ3n) is 4.45. The Bertz CT molecular complexity index is 489. The predicted octanol–water partition coefficient (Wildman–Crippen LogP) is 2.32. The van der Waals surface area contributed by atoms with Gasteiger partial charge in [0.15, 0.2) is 0 Å². The fraction of sp³-hybridized carbons (Fsp3) is 0.588. The molecule has 0 aromatic heterocycles. The molecule has 1 aromatic carbocycles. The van der Waals surface area contributed by atoms with Gasteiger partial charge in [-0.1, -0.05) is 17.7 Å². The summed E-state index contributed by atoms with van der Waals surface area (Å²) in [5.41, 5.74) is 2.05. The van der Waals surface area contributed by atoms with Crippen LogP contribution in [0, 0.1) is 6.92 Å². The molecule has 1 atom stereocenters. The van der Waals surface area contributed by atoms with E-state index in [1.54, 1.807) is 0 Å². The molecule has 2 amide bonds. The molecule has 0 radical (unpaired) electrons. The Hall–Kier alpha value is -1.59. The number of hydrogen-bond acceptors (Lipinski definition) is 3. The molecule has 5 heteroatoms. The molecular weight excluding hydrogens is 278 g/mol. The second-order valence-electron chi connectivity index (χ2n) is 6.22. The first kappa shape index (κ1) is 15.3. The van der Waals surface area contributed by atoms with E-state index in [-0.39, 0.29) is 6.03 Å². The first-order valence-corrected chi connectivity index (χ1v) is 8.17. The summed E-state index contributed by atoms with van der Waals surface area (Å²) in [7, 11) is 0. The van der Waals surface area contributed by atoms with Crippen LogP contribution in [0.5, 0.6) is 0 Å². The van der Waals surface area contributed by atoms with Crippen LogP contribution in [0.15, 0.2) is 24.3 Å². The van der Waals surface area contributed by atoms with Gasteiger partial charge in [-0.25, -0.2) is 4.79 Å². The third-order valence-corrected chi connectivity index (χ3v) is 4.45. The summed E-state index contributed by atoms with van der Waals surface area (Å²) in [4.78, 5) is 16.6. The lowest BCUT2D eigenvalue weighted by molar-refractivity contribution is 0.0572. The van der Waals surface area contributed by atoms with Gasteiger partial charge in [0.25, 0.3) is 0 Å². The van der Waals surface area contributed by atoms with Gasteiger partial charge in [-0.2, -0.15) is 0 Å². The van der Waals surface area contributed by atoms with E-state index in [4.69, 9.17) is 4.74 Å². The summed E-state index contributed by atoms with van der Waals surface area (Å²) >= 11 is 0. The topological polar surface area (TPSA) is 44.8 Å². The molecule has 0 bridgehead atoms. The zero-order valence-corrected chi connectivity index (χ0v) is 13.3. The molecule has 2 fully saturated rings. The van der Waals surface area contributed by atoms with E-state index in [1.807, 2.05) is 36.1 Å². The molecule has 2 saturated heterocycles. The lowest BCUT2D eigenvalue weighted by Gasteiger charge is -2.35. The van der Waals surface area contributed by atoms with Crippen molar-refractivity contribution >= 4 is 11.7 Å². The lowest BCUT2D eigenvalue weighted by atomic mass is 10.2. The van der Waals surface area contributed by atoms with Crippen LogP contribution in [-0.4, -0.2) is 61.3 Å². The van der Waals surface area contributed by atoms with Gasteiger partial charge in [0.1, 0.15) is 0 Å². The number of carbonyl (C=O) groups is 1. The van der Waals surface area contributed by atoms with Crippen molar-refractivity contribution < 1.29 is 9.53 Å². The number of aryl methyl sites for hydroxylation is 1. The van der Waals surface area contributed by atoms with Crippen molar-refractivity contribution in [3.63, 3.8) is 0 Å². The van der Waals surface area contributed by atoms with Crippen LogP contribution in [-0.2, 0) is 4.74 Å². The molecule has 5 nitrogen and oxygen atoms in total. The molecule has 0 unspecified atom stereocenters. The van der Waals surface area contributed by atoms with Gasteiger partial charge >= 0.3 is 6.03 Å².